The summed E-state index contributed by atoms with van der Waals surface area (Å²) in [7, 11) is 0. The fraction of sp³-hybridized carbons (Fsp3) is 0.125. The number of halogens is 1. The Hall–Kier alpha value is -1.78. The monoisotopic (exact) mass is 316 g/mol. The predicted molar refractivity (Wildman–Crippen MR) is 85.5 cm³/mol. The quantitative estimate of drug-likeness (QED) is 0.636. The standard InChI is InChI=1S/C16H13ClN2OS/c1-11-6-8-12(9-7-11)15-18-19-16(20-15)21-10-13-4-2-3-5-14(13)17/h2-9H,10H2,1H3. The Balaban J connectivity index is 1.71. The van der Waals surface area contributed by atoms with Crippen LogP contribution >= 0.6 is 23.4 Å². The molecule has 0 bridgehead atoms. The number of hydrogen-bond acceptors (Lipinski definition) is 4. The van der Waals surface area contributed by atoms with E-state index in [1.165, 1.54) is 17.3 Å². The van der Waals surface area contributed by atoms with E-state index in [1.54, 1.807) is 0 Å². The Bertz CT molecular complexity index is 740. The molecule has 21 heavy (non-hydrogen) atoms. The van der Waals surface area contributed by atoms with Gasteiger partial charge in [-0.3, -0.25) is 0 Å². The van der Waals surface area contributed by atoms with Gasteiger partial charge in [0.1, 0.15) is 0 Å². The van der Waals surface area contributed by atoms with Gasteiger partial charge in [-0.25, -0.2) is 0 Å². The van der Waals surface area contributed by atoms with Crippen LogP contribution in [0.15, 0.2) is 58.2 Å². The summed E-state index contributed by atoms with van der Waals surface area (Å²) in [5.41, 5.74) is 3.18. The maximum absolute atomic E-state index is 6.13. The fourth-order valence-electron chi connectivity index (χ4n) is 1.84. The minimum Gasteiger partial charge on any atom is -0.411 e. The molecule has 0 aliphatic heterocycles. The van der Waals surface area contributed by atoms with Crippen LogP contribution in [-0.2, 0) is 5.75 Å². The van der Waals surface area contributed by atoms with Gasteiger partial charge < -0.3 is 4.42 Å². The molecule has 0 aliphatic rings. The number of benzene rings is 2. The molecule has 3 rings (SSSR count). The van der Waals surface area contributed by atoms with Crippen molar-refractivity contribution in [2.75, 3.05) is 0 Å². The fourth-order valence-corrected chi connectivity index (χ4v) is 2.88. The summed E-state index contributed by atoms with van der Waals surface area (Å²) >= 11 is 7.61. The summed E-state index contributed by atoms with van der Waals surface area (Å²) in [6.45, 7) is 2.04. The number of thioether (sulfide) groups is 1. The molecule has 0 saturated carbocycles. The molecule has 0 atom stereocenters. The smallest absolute Gasteiger partial charge is 0.277 e. The van der Waals surface area contributed by atoms with E-state index < -0.39 is 0 Å². The highest BCUT2D eigenvalue weighted by Crippen LogP contribution is 2.28. The molecular weight excluding hydrogens is 304 g/mol. The van der Waals surface area contributed by atoms with Crippen molar-refractivity contribution < 1.29 is 4.42 Å². The normalized spacial score (nSPS) is 10.8. The van der Waals surface area contributed by atoms with E-state index in [0.29, 0.717) is 16.9 Å². The Labute approximate surface area is 132 Å². The summed E-state index contributed by atoms with van der Waals surface area (Å²) in [6, 6.07) is 15.8. The lowest BCUT2D eigenvalue weighted by molar-refractivity contribution is 0.466. The van der Waals surface area contributed by atoms with Crippen LogP contribution in [0.2, 0.25) is 5.02 Å². The molecule has 0 amide bonds. The van der Waals surface area contributed by atoms with E-state index in [0.717, 1.165) is 16.1 Å². The molecule has 3 aromatic rings. The number of aryl methyl sites for hydroxylation is 1. The van der Waals surface area contributed by atoms with Crippen LogP contribution in [0.5, 0.6) is 0 Å². The number of rotatable bonds is 4. The minimum atomic E-state index is 0.539. The van der Waals surface area contributed by atoms with Crippen molar-refractivity contribution in [1.29, 1.82) is 0 Å². The van der Waals surface area contributed by atoms with Crippen molar-refractivity contribution in [3.8, 4) is 11.5 Å². The van der Waals surface area contributed by atoms with Crippen LogP contribution in [0.1, 0.15) is 11.1 Å². The third-order valence-electron chi connectivity index (χ3n) is 3.01. The summed E-state index contributed by atoms with van der Waals surface area (Å²) in [4.78, 5) is 0. The molecule has 2 aromatic carbocycles. The maximum Gasteiger partial charge on any atom is 0.277 e. The van der Waals surface area contributed by atoms with Gasteiger partial charge in [0, 0.05) is 16.3 Å². The van der Waals surface area contributed by atoms with Crippen molar-refractivity contribution in [3.05, 3.63) is 64.7 Å². The first-order valence-electron chi connectivity index (χ1n) is 6.49. The van der Waals surface area contributed by atoms with Crippen LogP contribution in [-0.4, -0.2) is 10.2 Å². The highest BCUT2D eigenvalue weighted by atomic mass is 35.5. The van der Waals surface area contributed by atoms with E-state index in [2.05, 4.69) is 10.2 Å². The molecule has 3 nitrogen and oxygen atoms in total. The SMILES string of the molecule is Cc1ccc(-c2nnc(SCc3ccccc3Cl)o2)cc1. The van der Waals surface area contributed by atoms with Gasteiger partial charge in [0.2, 0.25) is 5.89 Å². The van der Waals surface area contributed by atoms with Crippen LogP contribution in [0.4, 0.5) is 0 Å². The van der Waals surface area contributed by atoms with Crippen LogP contribution in [0.25, 0.3) is 11.5 Å². The average molecular weight is 317 g/mol. The van der Waals surface area contributed by atoms with Gasteiger partial charge in [0.25, 0.3) is 5.22 Å². The summed E-state index contributed by atoms with van der Waals surface area (Å²) < 4.78 is 5.67. The minimum absolute atomic E-state index is 0.539. The first kappa shape index (κ1) is 14.2. The van der Waals surface area contributed by atoms with Gasteiger partial charge in [-0.2, -0.15) is 0 Å². The van der Waals surface area contributed by atoms with E-state index >= 15 is 0 Å². The summed E-state index contributed by atoms with van der Waals surface area (Å²) in [5.74, 6) is 1.24. The summed E-state index contributed by atoms with van der Waals surface area (Å²) in [6.07, 6.45) is 0. The summed E-state index contributed by atoms with van der Waals surface area (Å²) in [5, 5.41) is 9.44. The molecule has 0 fully saturated rings. The maximum atomic E-state index is 6.13. The molecule has 5 heteroatoms. The van der Waals surface area contributed by atoms with Crippen molar-refractivity contribution in [1.82, 2.24) is 10.2 Å². The lowest BCUT2D eigenvalue weighted by Crippen LogP contribution is -1.81. The average Bonchev–Trinajstić information content (AvgIpc) is 2.96. The first-order valence-corrected chi connectivity index (χ1v) is 7.85. The van der Waals surface area contributed by atoms with Crippen molar-refractivity contribution in [3.63, 3.8) is 0 Å². The van der Waals surface area contributed by atoms with Gasteiger partial charge in [-0.15, -0.1) is 10.2 Å². The molecule has 0 spiro atoms. The number of hydrogen-bond donors (Lipinski definition) is 0. The Morgan fingerprint density at radius 3 is 2.57 bits per heavy atom. The molecule has 1 aromatic heterocycles. The van der Waals surface area contributed by atoms with Gasteiger partial charge in [-0.1, -0.05) is 59.3 Å². The molecule has 106 valence electrons. The van der Waals surface area contributed by atoms with Crippen molar-refractivity contribution in [2.45, 2.75) is 17.9 Å². The molecule has 0 N–H and O–H groups in total. The van der Waals surface area contributed by atoms with E-state index in [-0.39, 0.29) is 0 Å². The van der Waals surface area contributed by atoms with Gasteiger partial charge in [-0.05, 0) is 30.7 Å². The van der Waals surface area contributed by atoms with Gasteiger partial charge in [0.05, 0.1) is 0 Å². The topological polar surface area (TPSA) is 38.9 Å². The number of aromatic nitrogens is 2. The van der Waals surface area contributed by atoms with E-state index in [9.17, 15) is 0 Å². The van der Waals surface area contributed by atoms with Crippen molar-refractivity contribution in [2.24, 2.45) is 0 Å². The Kier molecular flexibility index (Phi) is 4.27. The molecule has 1 heterocycles. The van der Waals surface area contributed by atoms with Crippen LogP contribution < -0.4 is 0 Å². The zero-order chi connectivity index (χ0) is 14.7. The first-order chi connectivity index (χ1) is 10.2. The lowest BCUT2D eigenvalue weighted by atomic mass is 10.1. The zero-order valence-corrected chi connectivity index (χ0v) is 13.0. The highest BCUT2D eigenvalue weighted by Gasteiger charge is 2.09. The third kappa shape index (κ3) is 3.46. The second-order valence-corrected chi connectivity index (χ2v) is 5.95. The van der Waals surface area contributed by atoms with Gasteiger partial charge in [0.15, 0.2) is 0 Å². The van der Waals surface area contributed by atoms with Crippen LogP contribution in [0.3, 0.4) is 0 Å². The largest absolute Gasteiger partial charge is 0.411 e. The van der Waals surface area contributed by atoms with Crippen LogP contribution in [0, 0.1) is 6.92 Å². The molecule has 0 aliphatic carbocycles. The van der Waals surface area contributed by atoms with Crippen molar-refractivity contribution >= 4 is 23.4 Å². The number of nitrogens with zero attached hydrogens (tertiary/aromatic N) is 2. The lowest BCUT2D eigenvalue weighted by Gasteiger charge is -2.00. The third-order valence-corrected chi connectivity index (χ3v) is 4.25. The second kappa shape index (κ2) is 6.33. The molecule has 0 unspecified atom stereocenters. The van der Waals surface area contributed by atoms with E-state index in [4.69, 9.17) is 16.0 Å². The molecule has 0 radical (unpaired) electrons. The predicted octanol–water partition coefficient (Wildman–Crippen LogP) is 4.99. The second-order valence-electron chi connectivity index (χ2n) is 4.62. The van der Waals surface area contributed by atoms with E-state index in [1.807, 2.05) is 55.5 Å². The Morgan fingerprint density at radius 1 is 1.05 bits per heavy atom. The molecule has 0 saturated heterocycles. The highest BCUT2D eigenvalue weighted by molar-refractivity contribution is 7.98. The Morgan fingerprint density at radius 2 is 1.81 bits per heavy atom. The van der Waals surface area contributed by atoms with Gasteiger partial charge >= 0.3 is 0 Å². The molecular formula is C16H13ClN2OS. The zero-order valence-electron chi connectivity index (χ0n) is 11.4.